The van der Waals surface area contributed by atoms with E-state index >= 15 is 0 Å². The van der Waals surface area contributed by atoms with E-state index in [0.717, 1.165) is 12.8 Å². The van der Waals surface area contributed by atoms with Crippen molar-refractivity contribution in [2.75, 3.05) is 14.1 Å². The van der Waals surface area contributed by atoms with E-state index in [1.807, 2.05) is 20.2 Å². The van der Waals surface area contributed by atoms with Crippen LogP contribution < -0.4 is 0 Å². The van der Waals surface area contributed by atoms with Gasteiger partial charge in [0.05, 0.1) is 5.92 Å². The smallest absolute Gasteiger partial charge is 0.229 e. The molecule has 2 nitrogen and oxygen atoms in total. The number of allylic oxidation sites excluding steroid dienone is 2. The Labute approximate surface area is 105 Å². The second-order valence-electron chi connectivity index (χ2n) is 5.06. The van der Waals surface area contributed by atoms with E-state index in [4.69, 9.17) is 0 Å². The molecule has 0 bridgehead atoms. The lowest BCUT2D eigenvalue weighted by molar-refractivity contribution is -0.132. The van der Waals surface area contributed by atoms with Crippen LogP contribution in [0.1, 0.15) is 45.4 Å². The van der Waals surface area contributed by atoms with Gasteiger partial charge in [-0.2, -0.15) is 0 Å². The van der Waals surface area contributed by atoms with Crippen LogP contribution in [-0.4, -0.2) is 24.9 Å². The van der Waals surface area contributed by atoms with E-state index in [-0.39, 0.29) is 11.8 Å². The van der Waals surface area contributed by atoms with Crippen molar-refractivity contribution in [3.05, 3.63) is 23.8 Å². The Morgan fingerprint density at radius 2 is 2.12 bits per heavy atom. The van der Waals surface area contributed by atoms with Crippen LogP contribution in [-0.2, 0) is 4.79 Å². The van der Waals surface area contributed by atoms with E-state index in [2.05, 4.69) is 13.5 Å². The van der Waals surface area contributed by atoms with Crippen LogP contribution in [0.4, 0.5) is 0 Å². The standard InChI is InChI=1S/C15H25NO/c1-5-7-8-9-10-12-11-14(13(12)6-2)15(17)16(3)4/h6,14H,2,5,7-11H2,1,3-4H3. The zero-order valence-electron chi connectivity index (χ0n) is 11.5. The average Bonchev–Trinajstić information content (AvgIpc) is 2.27. The van der Waals surface area contributed by atoms with Gasteiger partial charge in [-0.25, -0.2) is 0 Å². The number of hydrogen-bond acceptors (Lipinski definition) is 1. The van der Waals surface area contributed by atoms with Crippen molar-refractivity contribution in [3.8, 4) is 0 Å². The summed E-state index contributed by atoms with van der Waals surface area (Å²) in [6.45, 7) is 6.07. The quantitative estimate of drug-likeness (QED) is 0.618. The third kappa shape index (κ3) is 3.45. The topological polar surface area (TPSA) is 20.3 Å². The monoisotopic (exact) mass is 235 g/mol. The van der Waals surface area contributed by atoms with Crippen molar-refractivity contribution < 1.29 is 4.79 Å². The van der Waals surface area contributed by atoms with Gasteiger partial charge in [0.15, 0.2) is 0 Å². The molecular formula is C15H25NO. The van der Waals surface area contributed by atoms with E-state index in [1.54, 1.807) is 4.90 Å². The van der Waals surface area contributed by atoms with Crippen molar-refractivity contribution in [1.82, 2.24) is 4.90 Å². The molecule has 2 heteroatoms. The Morgan fingerprint density at radius 1 is 1.41 bits per heavy atom. The summed E-state index contributed by atoms with van der Waals surface area (Å²) in [6.07, 6.45) is 9.12. The minimum atomic E-state index is 0.0867. The first-order chi connectivity index (χ1) is 8.11. The van der Waals surface area contributed by atoms with Crippen molar-refractivity contribution in [2.45, 2.75) is 45.4 Å². The lowest BCUT2D eigenvalue weighted by Crippen LogP contribution is -2.35. The Kier molecular flexibility index (Phi) is 5.46. The predicted octanol–water partition coefficient (Wildman–Crippen LogP) is 3.55. The Morgan fingerprint density at radius 3 is 2.65 bits per heavy atom. The molecule has 0 spiro atoms. The van der Waals surface area contributed by atoms with Crippen molar-refractivity contribution in [3.63, 3.8) is 0 Å². The molecule has 17 heavy (non-hydrogen) atoms. The minimum Gasteiger partial charge on any atom is -0.348 e. The van der Waals surface area contributed by atoms with Gasteiger partial charge in [-0.3, -0.25) is 4.79 Å². The summed E-state index contributed by atoms with van der Waals surface area (Å²) in [6, 6.07) is 0. The summed E-state index contributed by atoms with van der Waals surface area (Å²) in [5, 5.41) is 0. The SMILES string of the molecule is C=CC1=C(CCCCCC)CC1C(=O)N(C)C. The molecule has 1 atom stereocenters. The second-order valence-corrected chi connectivity index (χ2v) is 5.06. The summed E-state index contributed by atoms with van der Waals surface area (Å²) in [5.74, 6) is 0.306. The molecule has 1 aliphatic carbocycles. The Balaban J connectivity index is 2.48. The summed E-state index contributed by atoms with van der Waals surface area (Å²) >= 11 is 0. The molecule has 0 heterocycles. The average molecular weight is 235 g/mol. The number of carbonyl (C=O) groups is 1. The predicted molar refractivity (Wildman–Crippen MR) is 72.8 cm³/mol. The molecule has 1 amide bonds. The van der Waals surface area contributed by atoms with Crippen LogP contribution in [0, 0.1) is 5.92 Å². The largest absolute Gasteiger partial charge is 0.348 e. The molecule has 0 saturated carbocycles. The summed E-state index contributed by atoms with van der Waals surface area (Å²) < 4.78 is 0. The van der Waals surface area contributed by atoms with Gasteiger partial charge in [0, 0.05) is 14.1 Å². The van der Waals surface area contributed by atoms with Crippen molar-refractivity contribution in [2.24, 2.45) is 5.92 Å². The van der Waals surface area contributed by atoms with Gasteiger partial charge in [-0.1, -0.05) is 44.4 Å². The van der Waals surface area contributed by atoms with Crippen molar-refractivity contribution in [1.29, 1.82) is 0 Å². The van der Waals surface area contributed by atoms with Crippen LogP contribution >= 0.6 is 0 Å². The first kappa shape index (κ1) is 14.0. The van der Waals surface area contributed by atoms with Crippen LogP contribution in [0.5, 0.6) is 0 Å². The fourth-order valence-corrected chi connectivity index (χ4v) is 2.42. The van der Waals surface area contributed by atoms with Gasteiger partial charge < -0.3 is 4.90 Å². The number of nitrogens with zero attached hydrogens (tertiary/aromatic N) is 1. The molecule has 0 fully saturated rings. The molecule has 0 aromatic rings. The van der Waals surface area contributed by atoms with Crippen LogP contribution in [0.2, 0.25) is 0 Å². The highest BCUT2D eigenvalue weighted by molar-refractivity contribution is 5.84. The van der Waals surface area contributed by atoms with Crippen LogP contribution in [0.25, 0.3) is 0 Å². The zero-order valence-corrected chi connectivity index (χ0v) is 11.5. The molecule has 0 aromatic heterocycles. The zero-order chi connectivity index (χ0) is 12.8. The molecule has 96 valence electrons. The van der Waals surface area contributed by atoms with Crippen LogP contribution in [0.15, 0.2) is 23.8 Å². The first-order valence-electron chi connectivity index (χ1n) is 6.67. The molecule has 0 N–H and O–H groups in total. The molecule has 0 aromatic carbocycles. The fraction of sp³-hybridized carbons (Fsp3) is 0.667. The lowest BCUT2D eigenvalue weighted by atomic mass is 9.74. The third-order valence-corrected chi connectivity index (χ3v) is 3.53. The summed E-state index contributed by atoms with van der Waals surface area (Å²) in [5.41, 5.74) is 2.65. The first-order valence-corrected chi connectivity index (χ1v) is 6.67. The molecule has 0 aliphatic heterocycles. The third-order valence-electron chi connectivity index (χ3n) is 3.53. The van der Waals surface area contributed by atoms with Gasteiger partial charge in [-0.15, -0.1) is 0 Å². The van der Waals surface area contributed by atoms with Crippen LogP contribution in [0.3, 0.4) is 0 Å². The number of unbranched alkanes of at least 4 members (excludes halogenated alkanes) is 3. The minimum absolute atomic E-state index is 0.0867. The molecule has 0 saturated heterocycles. The Hall–Kier alpha value is -1.05. The van der Waals surface area contributed by atoms with E-state index < -0.39 is 0 Å². The maximum absolute atomic E-state index is 11.9. The van der Waals surface area contributed by atoms with E-state index in [1.165, 1.54) is 36.8 Å². The number of hydrogen-bond donors (Lipinski definition) is 0. The van der Waals surface area contributed by atoms with Gasteiger partial charge in [0.1, 0.15) is 0 Å². The number of rotatable bonds is 7. The normalized spacial score (nSPS) is 18.9. The second kappa shape index (κ2) is 6.63. The summed E-state index contributed by atoms with van der Waals surface area (Å²) in [7, 11) is 3.64. The highest BCUT2D eigenvalue weighted by Crippen LogP contribution is 2.39. The summed E-state index contributed by atoms with van der Waals surface area (Å²) in [4.78, 5) is 13.5. The van der Waals surface area contributed by atoms with E-state index in [9.17, 15) is 4.79 Å². The molecule has 0 radical (unpaired) electrons. The molecule has 1 rings (SSSR count). The highest BCUT2D eigenvalue weighted by atomic mass is 16.2. The highest BCUT2D eigenvalue weighted by Gasteiger charge is 2.33. The van der Waals surface area contributed by atoms with Gasteiger partial charge in [-0.05, 0) is 24.8 Å². The lowest BCUT2D eigenvalue weighted by Gasteiger charge is -2.33. The fourth-order valence-electron chi connectivity index (χ4n) is 2.42. The Bertz CT molecular complexity index is 315. The van der Waals surface area contributed by atoms with Gasteiger partial charge >= 0.3 is 0 Å². The molecule has 1 aliphatic rings. The molecule has 1 unspecified atom stereocenters. The maximum Gasteiger partial charge on any atom is 0.229 e. The van der Waals surface area contributed by atoms with E-state index in [0.29, 0.717) is 0 Å². The molecular weight excluding hydrogens is 210 g/mol. The van der Waals surface area contributed by atoms with Crippen molar-refractivity contribution >= 4 is 5.91 Å². The number of amides is 1. The number of carbonyl (C=O) groups excluding carboxylic acids is 1. The van der Waals surface area contributed by atoms with Gasteiger partial charge in [0.2, 0.25) is 5.91 Å². The maximum atomic E-state index is 11.9. The van der Waals surface area contributed by atoms with Gasteiger partial charge in [0.25, 0.3) is 0 Å².